The lowest BCUT2D eigenvalue weighted by Gasteiger charge is -2.31. The van der Waals surface area contributed by atoms with Crippen molar-refractivity contribution >= 4 is 29.3 Å². The Morgan fingerprint density at radius 3 is 2.59 bits per heavy atom. The van der Waals surface area contributed by atoms with E-state index in [1.807, 2.05) is 18.2 Å². The van der Waals surface area contributed by atoms with E-state index in [2.05, 4.69) is 10.6 Å². The Kier molecular flexibility index (Phi) is 4.03. The number of nitrogens with two attached hydrogens (primary N) is 1. The number of fused-ring (bicyclic) bond motifs is 4. The number of benzene rings is 1. The van der Waals surface area contributed by atoms with Gasteiger partial charge >= 0.3 is 0 Å². The van der Waals surface area contributed by atoms with Crippen LogP contribution >= 0.6 is 0 Å². The number of hydrogen-bond donors (Lipinski definition) is 3. The molecule has 2 saturated heterocycles. The summed E-state index contributed by atoms with van der Waals surface area (Å²) < 4.78 is 0. The number of carbonyl (C=O) groups is 4. The molecular weight excluding hydrogens is 372 g/mol. The lowest BCUT2D eigenvalue weighted by molar-refractivity contribution is -0.145. The van der Waals surface area contributed by atoms with Gasteiger partial charge in [0.25, 0.3) is 0 Å². The number of hydrogen-bond acceptors (Lipinski definition) is 5. The summed E-state index contributed by atoms with van der Waals surface area (Å²) in [4.78, 5) is 53.0. The van der Waals surface area contributed by atoms with E-state index in [9.17, 15) is 19.2 Å². The molecule has 3 aliphatic heterocycles. The third-order valence-corrected chi connectivity index (χ3v) is 7.05. The highest BCUT2D eigenvalue weighted by molar-refractivity contribution is 6.15. The third kappa shape index (κ3) is 2.41. The van der Waals surface area contributed by atoms with Gasteiger partial charge in [-0.15, -0.1) is 0 Å². The standard InChI is InChI=1S/C21H24N4O4/c22-15(26)10-9-14-16-17(19(28)25(18(16)27)11-5-1-2-6-11)21(24-14)12-7-3-4-8-13(12)23-20(21)29/h3-4,7-8,11,14,16-17,24H,1-2,5-6,9-10H2,(H2,22,26)(H,23,29)/t14-,16+,17-,21-/m0/s1. The van der Waals surface area contributed by atoms with Crippen molar-refractivity contribution in [3.63, 3.8) is 0 Å². The molecule has 1 aromatic rings. The first-order valence-electron chi connectivity index (χ1n) is 10.3. The van der Waals surface area contributed by atoms with Crippen molar-refractivity contribution < 1.29 is 19.2 Å². The van der Waals surface area contributed by atoms with Crippen LogP contribution in [0.15, 0.2) is 24.3 Å². The number of nitrogens with zero attached hydrogens (tertiary/aromatic N) is 1. The molecule has 8 heteroatoms. The zero-order chi connectivity index (χ0) is 20.3. The average molecular weight is 396 g/mol. The SMILES string of the molecule is NC(=O)CC[C@@H]1N[C@]2(C(=O)Nc3ccccc32)[C@@H]2C(=O)N(C3CCCC3)C(=O)[C@H]12. The maximum atomic E-state index is 13.6. The molecule has 4 atom stereocenters. The van der Waals surface area contributed by atoms with E-state index in [0.717, 1.165) is 25.7 Å². The minimum absolute atomic E-state index is 0.0884. The molecule has 1 aromatic carbocycles. The molecule has 1 aliphatic carbocycles. The summed E-state index contributed by atoms with van der Waals surface area (Å²) >= 11 is 0. The van der Waals surface area contributed by atoms with Crippen LogP contribution in [0.1, 0.15) is 44.1 Å². The zero-order valence-corrected chi connectivity index (χ0v) is 16.0. The Bertz CT molecular complexity index is 925. The van der Waals surface area contributed by atoms with E-state index in [1.54, 1.807) is 6.07 Å². The van der Waals surface area contributed by atoms with E-state index in [1.165, 1.54) is 4.90 Å². The van der Waals surface area contributed by atoms with Crippen LogP contribution in [0.25, 0.3) is 0 Å². The maximum absolute atomic E-state index is 13.6. The van der Waals surface area contributed by atoms with Gasteiger partial charge in [-0.25, -0.2) is 0 Å². The number of imide groups is 1. The number of nitrogens with one attached hydrogen (secondary N) is 2. The number of para-hydroxylation sites is 1. The van der Waals surface area contributed by atoms with Gasteiger partial charge in [0.05, 0.1) is 11.8 Å². The lowest BCUT2D eigenvalue weighted by atomic mass is 9.76. The van der Waals surface area contributed by atoms with Crippen molar-refractivity contribution in [3.05, 3.63) is 29.8 Å². The van der Waals surface area contributed by atoms with Gasteiger partial charge in [0, 0.05) is 29.8 Å². The number of primary amides is 1. The molecule has 3 heterocycles. The van der Waals surface area contributed by atoms with Crippen LogP contribution in [0, 0.1) is 11.8 Å². The summed E-state index contributed by atoms with van der Waals surface area (Å²) in [6.07, 6.45) is 4.01. The summed E-state index contributed by atoms with van der Waals surface area (Å²) in [6.45, 7) is 0. The number of anilines is 1. The Morgan fingerprint density at radius 1 is 1.14 bits per heavy atom. The maximum Gasteiger partial charge on any atom is 0.250 e. The van der Waals surface area contributed by atoms with Gasteiger partial charge in [-0.3, -0.25) is 29.4 Å². The predicted octanol–water partition coefficient (Wildman–Crippen LogP) is 0.615. The highest BCUT2D eigenvalue weighted by Crippen LogP contribution is 2.54. The minimum atomic E-state index is -1.29. The molecule has 1 spiro atoms. The number of amides is 4. The van der Waals surface area contributed by atoms with Crippen molar-refractivity contribution in [3.8, 4) is 0 Å². The highest BCUT2D eigenvalue weighted by atomic mass is 16.2. The number of carbonyl (C=O) groups excluding carboxylic acids is 4. The molecule has 1 saturated carbocycles. The van der Waals surface area contributed by atoms with Crippen LogP contribution in [-0.4, -0.2) is 40.6 Å². The van der Waals surface area contributed by atoms with Crippen molar-refractivity contribution in [2.24, 2.45) is 17.6 Å². The molecule has 0 unspecified atom stereocenters. The smallest absolute Gasteiger partial charge is 0.250 e. The largest absolute Gasteiger partial charge is 0.370 e. The first kappa shape index (κ1) is 18.3. The molecule has 0 radical (unpaired) electrons. The molecule has 4 amide bonds. The summed E-state index contributed by atoms with van der Waals surface area (Å²) in [5.74, 6) is -2.75. The fourth-order valence-corrected chi connectivity index (χ4v) is 5.85. The molecule has 152 valence electrons. The number of rotatable bonds is 4. The molecular formula is C21H24N4O4. The molecule has 0 bridgehead atoms. The van der Waals surface area contributed by atoms with Crippen LogP contribution in [-0.2, 0) is 24.7 Å². The van der Waals surface area contributed by atoms with Crippen LogP contribution in [0.4, 0.5) is 5.69 Å². The van der Waals surface area contributed by atoms with E-state index >= 15 is 0 Å². The first-order valence-corrected chi connectivity index (χ1v) is 10.3. The Morgan fingerprint density at radius 2 is 1.86 bits per heavy atom. The molecule has 8 nitrogen and oxygen atoms in total. The fourth-order valence-electron chi connectivity index (χ4n) is 5.85. The van der Waals surface area contributed by atoms with Gasteiger partial charge in [-0.2, -0.15) is 0 Å². The van der Waals surface area contributed by atoms with Gasteiger partial charge in [0.1, 0.15) is 5.54 Å². The first-order chi connectivity index (χ1) is 13.9. The molecule has 4 aliphatic rings. The Labute approximate surface area is 168 Å². The third-order valence-electron chi connectivity index (χ3n) is 7.05. The van der Waals surface area contributed by atoms with Gasteiger partial charge in [0.2, 0.25) is 23.6 Å². The van der Waals surface area contributed by atoms with Gasteiger partial charge in [-0.05, 0) is 25.3 Å². The average Bonchev–Trinajstić information content (AvgIpc) is 3.42. The lowest BCUT2D eigenvalue weighted by Crippen LogP contribution is -2.54. The summed E-state index contributed by atoms with van der Waals surface area (Å²) in [5, 5.41) is 6.19. The van der Waals surface area contributed by atoms with Crippen molar-refractivity contribution in [1.82, 2.24) is 10.2 Å². The quantitative estimate of drug-likeness (QED) is 0.644. The molecule has 0 aromatic heterocycles. The fraction of sp³-hybridized carbons (Fsp3) is 0.524. The summed E-state index contributed by atoms with van der Waals surface area (Å²) in [7, 11) is 0. The van der Waals surface area contributed by atoms with E-state index in [0.29, 0.717) is 17.7 Å². The van der Waals surface area contributed by atoms with E-state index in [4.69, 9.17) is 5.73 Å². The van der Waals surface area contributed by atoms with Gasteiger partial charge in [-0.1, -0.05) is 31.0 Å². The van der Waals surface area contributed by atoms with E-state index < -0.39 is 29.3 Å². The molecule has 4 N–H and O–H groups in total. The molecule has 5 rings (SSSR count). The second-order valence-corrected chi connectivity index (χ2v) is 8.55. The van der Waals surface area contributed by atoms with Crippen LogP contribution in [0.3, 0.4) is 0 Å². The second-order valence-electron chi connectivity index (χ2n) is 8.55. The number of likely N-dealkylation sites (tertiary alicyclic amines) is 1. The molecule has 3 fully saturated rings. The predicted molar refractivity (Wildman–Crippen MR) is 103 cm³/mol. The second kappa shape index (κ2) is 6.38. The summed E-state index contributed by atoms with van der Waals surface area (Å²) in [5.41, 5.74) is 5.39. The highest BCUT2D eigenvalue weighted by Gasteiger charge is 2.70. The van der Waals surface area contributed by atoms with Gasteiger partial charge < -0.3 is 11.1 Å². The van der Waals surface area contributed by atoms with Gasteiger partial charge in [0.15, 0.2) is 0 Å². The Hall–Kier alpha value is -2.74. The zero-order valence-electron chi connectivity index (χ0n) is 16.0. The normalized spacial score (nSPS) is 33.4. The molecule has 29 heavy (non-hydrogen) atoms. The van der Waals surface area contributed by atoms with Crippen LogP contribution in [0.2, 0.25) is 0 Å². The topological polar surface area (TPSA) is 122 Å². The summed E-state index contributed by atoms with van der Waals surface area (Å²) in [6, 6.07) is 6.71. The minimum Gasteiger partial charge on any atom is -0.370 e. The van der Waals surface area contributed by atoms with Crippen LogP contribution in [0.5, 0.6) is 0 Å². The van der Waals surface area contributed by atoms with Crippen molar-refractivity contribution in [2.75, 3.05) is 5.32 Å². The van der Waals surface area contributed by atoms with Crippen LogP contribution < -0.4 is 16.4 Å². The van der Waals surface area contributed by atoms with Crippen molar-refractivity contribution in [1.29, 1.82) is 0 Å². The monoisotopic (exact) mass is 396 g/mol. The van der Waals surface area contributed by atoms with E-state index in [-0.39, 0.29) is 30.2 Å². The van der Waals surface area contributed by atoms with Crippen molar-refractivity contribution in [2.45, 2.75) is 56.1 Å². The Balaban J connectivity index is 1.61.